The predicted octanol–water partition coefficient (Wildman–Crippen LogP) is 1.21. The molecule has 0 bridgehead atoms. The summed E-state index contributed by atoms with van der Waals surface area (Å²) in [5.74, 6) is 3.09. The minimum Gasteiger partial charge on any atom is -0.480 e. The number of benzene rings is 2. The lowest BCUT2D eigenvalue weighted by atomic mass is 10.00. The van der Waals surface area contributed by atoms with E-state index in [2.05, 4.69) is 15.7 Å². The van der Waals surface area contributed by atoms with Crippen LogP contribution in [0.2, 0.25) is 5.02 Å². The number of hydrazone groups is 1. The highest BCUT2D eigenvalue weighted by Gasteiger charge is 2.60. The van der Waals surface area contributed by atoms with Crippen LogP contribution in [0, 0.1) is 0 Å². The molecular weight excluding hydrogens is 382 g/mol. The van der Waals surface area contributed by atoms with Gasteiger partial charge in [-0.1, -0.05) is 48.0 Å². The number of carbonyl (C=O) groups is 2. The summed E-state index contributed by atoms with van der Waals surface area (Å²) < 4.78 is 0. The molecule has 7 N–H and O–H groups in total. The minimum atomic E-state index is -1.08. The van der Waals surface area contributed by atoms with E-state index in [1.165, 1.54) is 0 Å². The Kier molecular flexibility index (Phi) is 5.53. The first-order chi connectivity index (χ1) is 13.4. The molecule has 2 aromatic carbocycles. The first-order valence-corrected chi connectivity index (χ1v) is 8.91. The molecule has 1 fully saturated rings. The Morgan fingerprint density at radius 1 is 1.21 bits per heavy atom. The molecule has 8 nitrogen and oxygen atoms in total. The highest BCUT2D eigenvalue weighted by molar-refractivity contribution is 6.30. The average Bonchev–Trinajstić information content (AvgIpc) is 3.42. The number of halogens is 1. The van der Waals surface area contributed by atoms with Gasteiger partial charge in [-0.25, -0.2) is 0 Å². The van der Waals surface area contributed by atoms with Crippen molar-refractivity contribution in [2.75, 3.05) is 6.54 Å². The van der Waals surface area contributed by atoms with E-state index >= 15 is 0 Å². The maximum absolute atomic E-state index is 12.6. The Bertz CT molecular complexity index is 931. The van der Waals surface area contributed by atoms with Crippen LogP contribution in [-0.4, -0.2) is 35.0 Å². The summed E-state index contributed by atoms with van der Waals surface area (Å²) in [6.07, 6.45) is 0.431. The SMILES string of the molecule is NN=C(N)NC(=O)C1(NCC(=O)O)CC1c1ccc(-c2cccc(Cl)c2)cc1. The summed E-state index contributed by atoms with van der Waals surface area (Å²) >= 11 is 6.04. The number of hydrogen-bond acceptors (Lipinski definition) is 5. The Morgan fingerprint density at radius 3 is 2.54 bits per heavy atom. The largest absolute Gasteiger partial charge is 0.480 e. The van der Waals surface area contributed by atoms with Crippen molar-refractivity contribution in [2.45, 2.75) is 17.9 Å². The number of hydrogen-bond donors (Lipinski definition) is 5. The smallest absolute Gasteiger partial charge is 0.317 e. The van der Waals surface area contributed by atoms with Gasteiger partial charge in [0.1, 0.15) is 5.54 Å². The van der Waals surface area contributed by atoms with Crippen molar-refractivity contribution in [3.05, 3.63) is 59.1 Å². The number of amides is 1. The number of guanidine groups is 1. The molecule has 146 valence electrons. The van der Waals surface area contributed by atoms with Crippen molar-refractivity contribution >= 4 is 29.4 Å². The number of aliphatic carboxylic acids is 1. The van der Waals surface area contributed by atoms with Crippen molar-refractivity contribution in [3.8, 4) is 11.1 Å². The minimum absolute atomic E-state index is 0.203. The summed E-state index contributed by atoms with van der Waals surface area (Å²) in [5, 5.41) is 18.1. The molecule has 1 saturated carbocycles. The van der Waals surface area contributed by atoms with Crippen LogP contribution in [0.25, 0.3) is 11.1 Å². The molecule has 1 aliphatic carbocycles. The first-order valence-electron chi connectivity index (χ1n) is 8.53. The normalized spacial score (nSPS) is 21.2. The molecule has 2 unspecified atom stereocenters. The summed E-state index contributed by atoms with van der Waals surface area (Å²) in [6.45, 7) is -0.357. The van der Waals surface area contributed by atoms with Gasteiger partial charge in [-0.3, -0.25) is 20.2 Å². The van der Waals surface area contributed by atoms with Crippen molar-refractivity contribution in [1.29, 1.82) is 0 Å². The van der Waals surface area contributed by atoms with Crippen molar-refractivity contribution in [2.24, 2.45) is 16.7 Å². The third-order valence-corrected chi connectivity index (χ3v) is 5.01. The van der Waals surface area contributed by atoms with Gasteiger partial charge in [0.25, 0.3) is 0 Å². The highest BCUT2D eigenvalue weighted by atomic mass is 35.5. The van der Waals surface area contributed by atoms with Crippen molar-refractivity contribution < 1.29 is 14.7 Å². The zero-order chi connectivity index (χ0) is 20.3. The lowest BCUT2D eigenvalue weighted by Crippen LogP contribution is -2.52. The topological polar surface area (TPSA) is 143 Å². The fraction of sp³-hybridized carbons (Fsp3) is 0.211. The van der Waals surface area contributed by atoms with E-state index in [-0.39, 0.29) is 18.4 Å². The Balaban J connectivity index is 1.81. The van der Waals surface area contributed by atoms with Gasteiger partial charge in [-0.05, 0) is 35.2 Å². The quantitative estimate of drug-likeness (QED) is 0.213. The van der Waals surface area contributed by atoms with E-state index in [0.717, 1.165) is 16.7 Å². The summed E-state index contributed by atoms with van der Waals surface area (Å²) in [4.78, 5) is 23.6. The number of carboxylic acid groups (broad SMARTS) is 1. The molecule has 0 aliphatic heterocycles. The number of carboxylic acids is 1. The molecule has 0 aromatic heterocycles. The molecule has 0 heterocycles. The highest BCUT2D eigenvalue weighted by Crippen LogP contribution is 2.51. The molecule has 1 amide bonds. The number of rotatable bonds is 6. The summed E-state index contributed by atoms with van der Waals surface area (Å²) in [6, 6.07) is 15.2. The van der Waals surface area contributed by atoms with Gasteiger partial charge in [-0.2, -0.15) is 0 Å². The summed E-state index contributed by atoms with van der Waals surface area (Å²) in [5.41, 5.74) is 7.27. The molecule has 0 spiro atoms. The number of nitrogens with two attached hydrogens (primary N) is 2. The second-order valence-corrected chi connectivity index (χ2v) is 7.01. The molecule has 0 radical (unpaired) electrons. The maximum atomic E-state index is 12.6. The third-order valence-electron chi connectivity index (χ3n) is 4.77. The second-order valence-electron chi connectivity index (χ2n) is 6.58. The Hall–Kier alpha value is -3.10. The van der Waals surface area contributed by atoms with Crippen molar-refractivity contribution in [1.82, 2.24) is 10.6 Å². The number of nitrogens with zero attached hydrogens (tertiary/aromatic N) is 1. The molecule has 2 atom stereocenters. The van der Waals surface area contributed by atoms with Gasteiger partial charge >= 0.3 is 5.97 Å². The summed E-state index contributed by atoms with van der Waals surface area (Å²) in [7, 11) is 0. The van der Waals surface area contributed by atoms with E-state index in [4.69, 9.17) is 28.3 Å². The van der Waals surface area contributed by atoms with Gasteiger partial charge in [0.15, 0.2) is 0 Å². The molecule has 0 saturated heterocycles. The lowest BCUT2D eigenvalue weighted by Gasteiger charge is -2.18. The van der Waals surface area contributed by atoms with Crippen LogP contribution >= 0.6 is 11.6 Å². The van der Waals surface area contributed by atoms with E-state index in [0.29, 0.717) is 11.4 Å². The van der Waals surface area contributed by atoms with Gasteiger partial charge in [0, 0.05) is 10.9 Å². The monoisotopic (exact) mass is 401 g/mol. The molecule has 28 heavy (non-hydrogen) atoms. The Labute approximate surface area is 166 Å². The number of nitrogens with one attached hydrogen (secondary N) is 2. The first kappa shape index (κ1) is 19.7. The number of carbonyl (C=O) groups excluding carboxylic acids is 1. The van der Waals surface area contributed by atoms with E-state index in [1.54, 1.807) is 6.07 Å². The van der Waals surface area contributed by atoms with Crippen LogP contribution in [0.4, 0.5) is 0 Å². The van der Waals surface area contributed by atoms with E-state index in [1.807, 2.05) is 42.5 Å². The van der Waals surface area contributed by atoms with E-state index in [9.17, 15) is 9.59 Å². The van der Waals surface area contributed by atoms with Crippen LogP contribution in [0.15, 0.2) is 53.6 Å². The fourth-order valence-electron chi connectivity index (χ4n) is 3.26. The van der Waals surface area contributed by atoms with Crippen LogP contribution in [0.1, 0.15) is 17.9 Å². The van der Waals surface area contributed by atoms with Crippen molar-refractivity contribution in [3.63, 3.8) is 0 Å². The average molecular weight is 402 g/mol. The fourth-order valence-corrected chi connectivity index (χ4v) is 3.45. The second kappa shape index (κ2) is 7.87. The van der Waals surface area contributed by atoms with Gasteiger partial charge in [0.2, 0.25) is 11.9 Å². The van der Waals surface area contributed by atoms with Gasteiger partial charge < -0.3 is 16.7 Å². The zero-order valence-corrected chi connectivity index (χ0v) is 15.6. The predicted molar refractivity (Wildman–Crippen MR) is 107 cm³/mol. The molecular formula is C19H20ClN5O3. The van der Waals surface area contributed by atoms with Crippen LogP contribution in [0.3, 0.4) is 0 Å². The van der Waals surface area contributed by atoms with Crippen LogP contribution < -0.4 is 22.2 Å². The molecule has 1 aliphatic rings. The Morgan fingerprint density at radius 2 is 1.93 bits per heavy atom. The van der Waals surface area contributed by atoms with Crippen LogP contribution in [-0.2, 0) is 9.59 Å². The van der Waals surface area contributed by atoms with E-state index < -0.39 is 17.4 Å². The molecule has 3 rings (SSSR count). The maximum Gasteiger partial charge on any atom is 0.317 e. The lowest BCUT2D eigenvalue weighted by molar-refractivity contribution is -0.136. The van der Waals surface area contributed by atoms with Crippen LogP contribution in [0.5, 0.6) is 0 Å². The molecule has 2 aromatic rings. The van der Waals surface area contributed by atoms with Gasteiger partial charge in [0.05, 0.1) is 6.54 Å². The van der Waals surface area contributed by atoms with Gasteiger partial charge in [-0.15, -0.1) is 5.10 Å². The standard InChI is InChI=1S/C19H20ClN5O3/c20-14-3-1-2-13(8-14)11-4-6-12(7-5-11)15-9-19(15,23-10-16(26)27)17(28)24-18(21)25-22/h1-8,15,23H,9-10,22H2,(H,26,27)(H3,21,24,25,28). The zero-order valence-electron chi connectivity index (χ0n) is 14.9. The third kappa shape index (κ3) is 4.08. The molecule has 9 heteroatoms.